The number of hydrogen-bond donors (Lipinski definition) is 3. The van der Waals surface area contributed by atoms with Gasteiger partial charge < -0.3 is 16.2 Å². The fraction of sp³-hybridized carbons (Fsp3) is 0.333. The van der Waals surface area contributed by atoms with Crippen LogP contribution >= 0.6 is 0 Å². The van der Waals surface area contributed by atoms with Crippen molar-refractivity contribution in [2.45, 2.75) is 6.42 Å². The molecule has 0 atom stereocenters. The lowest BCUT2D eigenvalue weighted by Gasteiger charge is -2.05. The van der Waals surface area contributed by atoms with Crippen LogP contribution in [-0.4, -0.2) is 18.3 Å². The maximum Gasteiger partial charge on any atom is 0.127 e. The SMILES string of the molecule is Nc1cc(F)cc(NCCCO)c1. The molecular formula is C9H13FN2O. The lowest BCUT2D eigenvalue weighted by molar-refractivity contribution is 0.292. The average Bonchev–Trinajstić information content (AvgIpc) is 2.03. The number of anilines is 2. The number of hydrogen-bond acceptors (Lipinski definition) is 3. The summed E-state index contributed by atoms with van der Waals surface area (Å²) in [6.45, 7) is 0.733. The quantitative estimate of drug-likeness (QED) is 0.487. The minimum absolute atomic E-state index is 0.123. The smallest absolute Gasteiger partial charge is 0.127 e. The minimum Gasteiger partial charge on any atom is -0.399 e. The van der Waals surface area contributed by atoms with Gasteiger partial charge in [-0.05, 0) is 24.6 Å². The fourth-order valence-corrected chi connectivity index (χ4v) is 1.03. The molecule has 1 aromatic carbocycles. The molecule has 0 radical (unpaired) electrons. The second kappa shape index (κ2) is 4.67. The number of nitrogens with one attached hydrogen (secondary N) is 1. The molecule has 13 heavy (non-hydrogen) atoms. The van der Waals surface area contributed by atoms with Crippen LogP contribution in [0.3, 0.4) is 0 Å². The standard InChI is InChI=1S/C9H13FN2O/c10-7-4-8(11)6-9(5-7)12-2-1-3-13/h4-6,12-13H,1-3,11H2. The molecule has 3 nitrogen and oxygen atoms in total. The molecule has 0 saturated heterocycles. The Morgan fingerprint density at radius 1 is 1.38 bits per heavy atom. The molecule has 1 rings (SSSR count). The molecule has 0 aliphatic carbocycles. The van der Waals surface area contributed by atoms with E-state index >= 15 is 0 Å². The van der Waals surface area contributed by atoms with E-state index in [0.717, 1.165) is 0 Å². The molecule has 0 aliphatic rings. The summed E-state index contributed by atoms with van der Waals surface area (Å²) in [6, 6.07) is 4.28. The van der Waals surface area contributed by atoms with Gasteiger partial charge in [-0.3, -0.25) is 0 Å². The second-order valence-corrected chi connectivity index (χ2v) is 2.78. The summed E-state index contributed by atoms with van der Waals surface area (Å²) in [5.74, 6) is -0.355. The van der Waals surface area contributed by atoms with Gasteiger partial charge in [0.05, 0.1) is 0 Å². The Balaban J connectivity index is 2.56. The Morgan fingerprint density at radius 2 is 2.15 bits per heavy atom. The minimum atomic E-state index is -0.355. The van der Waals surface area contributed by atoms with Gasteiger partial charge in [0.2, 0.25) is 0 Å². The van der Waals surface area contributed by atoms with Crippen LogP contribution in [0.15, 0.2) is 18.2 Å². The van der Waals surface area contributed by atoms with Crippen LogP contribution in [0.2, 0.25) is 0 Å². The zero-order chi connectivity index (χ0) is 9.68. The molecule has 4 heteroatoms. The van der Waals surface area contributed by atoms with Crippen molar-refractivity contribution in [2.75, 3.05) is 24.2 Å². The van der Waals surface area contributed by atoms with Crippen molar-refractivity contribution in [2.24, 2.45) is 0 Å². The van der Waals surface area contributed by atoms with Crippen molar-refractivity contribution in [1.29, 1.82) is 0 Å². The first-order chi connectivity index (χ1) is 6.22. The first-order valence-corrected chi connectivity index (χ1v) is 4.13. The van der Waals surface area contributed by atoms with Crippen LogP contribution in [0.5, 0.6) is 0 Å². The van der Waals surface area contributed by atoms with Gasteiger partial charge in [0.15, 0.2) is 0 Å². The zero-order valence-electron chi connectivity index (χ0n) is 7.26. The maximum atomic E-state index is 12.8. The first-order valence-electron chi connectivity index (χ1n) is 4.13. The third-order valence-corrected chi connectivity index (χ3v) is 1.58. The summed E-state index contributed by atoms with van der Waals surface area (Å²) >= 11 is 0. The van der Waals surface area contributed by atoms with Gasteiger partial charge in [-0.2, -0.15) is 0 Å². The number of aliphatic hydroxyl groups is 1. The van der Waals surface area contributed by atoms with Crippen molar-refractivity contribution in [3.05, 3.63) is 24.0 Å². The van der Waals surface area contributed by atoms with Crippen LogP contribution in [-0.2, 0) is 0 Å². The Bertz CT molecular complexity index is 258. The van der Waals surface area contributed by atoms with E-state index in [9.17, 15) is 4.39 Å². The van der Waals surface area contributed by atoms with Crippen molar-refractivity contribution >= 4 is 11.4 Å². The highest BCUT2D eigenvalue weighted by molar-refractivity contribution is 5.54. The van der Waals surface area contributed by atoms with Crippen LogP contribution in [0, 0.1) is 5.82 Å². The Hall–Kier alpha value is -1.29. The molecule has 0 aliphatic heterocycles. The number of aliphatic hydroxyl groups excluding tert-OH is 1. The fourth-order valence-electron chi connectivity index (χ4n) is 1.03. The van der Waals surface area contributed by atoms with E-state index < -0.39 is 0 Å². The van der Waals surface area contributed by atoms with Crippen LogP contribution in [0.4, 0.5) is 15.8 Å². The maximum absolute atomic E-state index is 12.8. The van der Waals surface area contributed by atoms with E-state index in [1.54, 1.807) is 6.07 Å². The van der Waals surface area contributed by atoms with E-state index in [4.69, 9.17) is 10.8 Å². The van der Waals surface area contributed by atoms with E-state index in [2.05, 4.69) is 5.32 Å². The van der Waals surface area contributed by atoms with E-state index in [-0.39, 0.29) is 12.4 Å². The van der Waals surface area contributed by atoms with Gasteiger partial charge >= 0.3 is 0 Å². The highest BCUT2D eigenvalue weighted by atomic mass is 19.1. The molecule has 0 heterocycles. The highest BCUT2D eigenvalue weighted by Crippen LogP contribution is 2.14. The third-order valence-electron chi connectivity index (χ3n) is 1.58. The molecular weight excluding hydrogens is 171 g/mol. The normalized spacial score (nSPS) is 10.0. The molecule has 0 spiro atoms. The molecule has 0 bridgehead atoms. The number of nitrogens with two attached hydrogens (primary N) is 1. The van der Waals surface area contributed by atoms with Crippen LogP contribution in [0.1, 0.15) is 6.42 Å². The van der Waals surface area contributed by atoms with Crippen LogP contribution in [0.25, 0.3) is 0 Å². The van der Waals surface area contributed by atoms with Crippen LogP contribution < -0.4 is 11.1 Å². The predicted molar refractivity (Wildman–Crippen MR) is 51.0 cm³/mol. The molecule has 0 saturated carbocycles. The van der Waals surface area contributed by atoms with Crippen molar-refractivity contribution in [3.63, 3.8) is 0 Å². The summed E-state index contributed by atoms with van der Waals surface area (Å²) in [4.78, 5) is 0. The van der Waals surface area contributed by atoms with Gasteiger partial charge in [-0.1, -0.05) is 0 Å². The molecule has 0 aromatic heterocycles. The molecule has 4 N–H and O–H groups in total. The largest absolute Gasteiger partial charge is 0.399 e. The second-order valence-electron chi connectivity index (χ2n) is 2.78. The number of nitrogen functional groups attached to an aromatic ring is 1. The monoisotopic (exact) mass is 184 g/mol. The Kier molecular flexibility index (Phi) is 3.52. The number of benzene rings is 1. The Labute approximate surface area is 76.4 Å². The number of halogens is 1. The van der Waals surface area contributed by atoms with Crippen molar-refractivity contribution < 1.29 is 9.50 Å². The lowest BCUT2D eigenvalue weighted by Crippen LogP contribution is -2.04. The summed E-state index contributed by atoms with van der Waals surface area (Å²) in [5, 5.41) is 11.5. The van der Waals surface area contributed by atoms with E-state index in [1.807, 2.05) is 0 Å². The van der Waals surface area contributed by atoms with Gasteiger partial charge in [0.25, 0.3) is 0 Å². The molecule has 0 amide bonds. The summed E-state index contributed by atoms with van der Waals surface area (Å²) in [5.41, 5.74) is 6.47. The van der Waals surface area contributed by atoms with Crippen molar-refractivity contribution in [1.82, 2.24) is 0 Å². The van der Waals surface area contributed by atoms with Crippen molar-refractivity contribution in [3.8, 4) is 0 Å². The third kappa shape index (κ3) is 3.29. The highest BCUT2D eigenvalue weighted by Gasteiger charge is 1.96. The lowest BCUT2D eigenvalue weighted by atomic mass is 10.2. The Morgan fingerprint density at radius 3 is 2.77 bits per heavy atom. The summed E-state index contributed by atoms with van der Waals surface area (Å²) in [6.07, 6.45) is 0.635. The van der Waals surface area contributed by atoms with Gasteiger partial charge in [0, 0.05) is 24.5 Å². The van der Waals surface area contributed by atoms with Gasteiger partial charge in [-0.25, -0.2) is 4.39 Å². The van der Waals surface area contributed by atoms with E-state index in [0.29, 0.717) is 24.3 Å². The topological polar surface area (TPSA) is 58.3 Å². The van der Waals surface area contributed by atoms with Gasteiger partial charge in [0.1, 0.15) is 5.82 Å². The predicted octanol–water partition coefficient (Wildman–Crippen LogP) is 1.20. The molecule has 0 fully saturated rings. The molecule has 72 valence electrons. The average molecular weight is 184 g/mol. The summed E-state index contributed by atoms with van der Waals surface area (Å²) in [7, 11) is 0. The summed E-state index contributed by atoms with van der Waals surface area (Å²) < 4.78 is 12.8. The van der Waals surface area contributed by atoms with Gasteiger partial charge in [-0.15, -0.1) is 0 Å². The number of rotatable bonds is 4. The molecule has 0 unspecified atom stereocenters. The first kappa shape index (κ1) is 9.80. The zero-order valence-corrected chi connectivity index (χ0v) is 7.26. The van der Waals surface area contributed by atoms with E-state index in [1.165, 1.54) is 12.1 Å². The molecule has 1 aromatic rings.